The summed E-state index contributed by atoms with van der Waals surface area (Å²) in [4.78, 5) is 4.37. The topological polar surface area (TPSA) is 72.7 Å². The second-order valence-corrected chi connectivity index (χ2v) is 6.90. The largest absolute Gasteiger partial charge is 0.482 e. The Morgan fingerprint density at radius 1 is 1.43 bits per heavy atom. The van der Waals surface area contributed by atoms with Crippen LogP contribution in [0.2, 0.25) is 0 Å². The highest BCUT2D eigenvalue weighted by molar-refractivity contribution is 7.89. The number of methoxy groups -OCH3 is 1. The number of nitrogens with zero attached hydrogens (tertiary/aromatic N) is 2. The number of hydrogen-bond donors (Lipinski definition) is 1. The molecule has 1 aliphatic rings. The van der Waals surface area contributed by atoms with E-state index in [0.717, 1.165) is 19.3 Å². The van der Waals surface area contributed by atoms with Crippen LogP contribution in [0.25, 0.3) is 5.52 Å². The van der Waals surface area contributed by atoms with Crippen LogP contribution in [0.1, 0.15) is 32.0 Å². The minimum Gasteiger partial charge on any atom is -0.482 e. The molecule has 2 heterocycles. The van der Waals surface area contributed by atoms with E-state index in [2.05, 4.69) is 9.71 Å². The first-order chi connectivity index (χ1) is 10.1. The first-order valence-electron chi connectivity index (χ1n) is 7.13. The molecule has 0 bridgehead atoms. The van der Waals surface area contributed by atoms with Crippen molar-refractivity contribution in [1.29, 1.82) is 0 Å². The van der Waals surface area contributed by atoms with E-state index < -0.39 is 10.0 Å². The second kappa shape index (κ2) is 5.31. The van der Waals surface area contributed by atoms with Gasteiger partial charge in [-0.3, -0.25) is 4.40 Å². The van der Waals surface area contributed by atoms with E-state index in [1.807, 2.05) is 6.92 Å². The molecule has 0 aliphatic heterocycles. The molecule has 2 aromatic rings. The van der Waals surface area contributed by atoms with Gasteiger partial charge in [0.2, 0.25) is 0 Å². The van der Waals surface area contributed by atoms with Crippen LogP contribution in [-0.2, 0) is 16.4 Å². The monoisotopic (exact) mass is 309 g/mol. The van der Waals surface area contributed by atoms with E-state index in [0.29, 0.717) is 23.6 Å². The molecule has 0 atom stereocenters. The van der Waals surface area contributed by atoms with Crippen molar-refractivity contribution in [3.8, 4) is 5.88 Å². The Labute approximate surface area is 124 Å². The Bertz CT molecular complexity index is 763. The van der Waals surface area contributed by atoms with Gasteiger partial charge in [-0.2, -0.15) is 0 Å². The van der Waals surface area contributed by atoms with Crippen molar-refractivity contribution in [2.24, 2.45) is 0 Å². The Morgan fingerprint density at radius 3 is 2.81 bits per heavy atom. The number of ether oxygens (including phenoxy) is 1. The predicted molar refractivity (Wildman–Crippen MR) is 79.1 cm³/mol. The number of aromatic nitrogens is 2. The van der Waals surface area contributed by atoms with Crippen LogP contribution in [-0.4, -0.2) is 31.0 Å². The Balaban J connectivity index is 2.18. The minimum absolute atomic E-state index is 0.0620. The van der Waals surface area contributed by atoms with Gasteiger partial charge in [0.1, 0.15) is 5.82 Å². The maximum Gasteiger partial charge on any atom is 0.260 e. The molecule has 1 aliphatic carbocycles. The smallest absolute Gasteiger partial charge is 0.260 e. The summed E-state index contributed by atoms with van der Waals surface area (Å²) in [6.07, 6.45) is 3.37. The number of fused-ring (bicyclic) bond motifs is 1. The average molecular weight is 309 g/mol. The van der Waals surface area contributed by atoms with Crippen molar-refractivity contribution in [3.05, 3.63) is 24.0 Å². The molecular weight excluding hydrogens is 290 g/mol. The predicted octanol–water partition coefficient (Wildman–Crippen LogP) is 1.74. The molecule has 0 amide bonds. The Kier molecular flexibility index (Phi) is 3.62. The van der Waals surface area contributed by atoms with Crippen LogP contribution in [0.5, 0.6) is 5.88 Å². The van der Waals surface area contributed by atoms with Crippen LogP contribution in [0.4, 0.5) is 0 Å². The molecule has 1 saturated carbocycles. The molecule has 114 valence electrons. The van der Waals surface area contributed by atoms with Gasteiger partial charge in [-0.1, -0.05) is 13.0 Å². The first kappa shape index (κ1) is 14.3. The van der Waals surface area contributed by atoms with Gasteiger partial charge in [0.25, 0.3) is 10.0 Å². The fourth-order valence-corrected chi connectivity index (χ4v) is 3.82. The maximum atomic E-state index is 12.5. The van der Waals surface area contributed by atoms with E-state index in [4.69, 9.17) is 4.74 Å². The lowest BCUT2D eigenvalue weighted by molar-refractivity contribution is 0.390. The zero-order chi connectivity index (χ0) is 15.0. The number of rotatable bonds is 6. The average Bonchev–Trinajstić information content (AvgIpc) is 3.17. The van der Waals surface area contributed by atoms with Gasteiger partial charge in [-0.15, -0.1) is 0 Å². The first-order valence-corrected chi connectivity index (χ1v) is 8.62. The van der Waals surface area contributed by atoms with Gasteiger partial charge in [0.15, 0.2) is 10.9 Å². The van der Waals surface area contributed by atoms with Crippen molar-refractivity contribution in [2.45, 2.75) is 43.7 Å². The number of hydrogen-bond acceptors (Lipinski definition) is 4. The lowest BCUT2D eigenvalue weighted by Gasteiger charge is -2.06. The molecule has 7 heteroatoms. The van der Waals surface area contributed by atoms with E-state index in [9.17, 15) is 8.42 Å². The lowest BCUT2D eigenvalue weighted by atomic mass is 10.3. The van der Waals surface area contributed by atoms with Crippen molar-refractivity contribution >= 4 is 15.5 Å². The number of imidazole rings is 1. The molecule has 1 fully saturated rings. The molecule has 3 rings (SSSR count). The summed E-state index contributed by atoms with van der Waals surface area (Å²) in [5.41, 5.74) is 0.561. The molecule has 0 aromatic carbocycles. The van der Waals surface area contributed by atoms with Gasteiger partial charge in [-0.05, 0) is 31.4 Å². The molecule has 1 N–H and O–H groups in total. The molecular formula is C14H19N3O3S. The highest BCUT2D eigenvalue weighted by atomic mass is 32.2. The summed E-state index contributed by atoms with van der Waals surface area (Å²) >= 11 is 0. The van der Waals surface area contributed by atoms with Gasteiger partial charge in [0, 0.05) is 12.5 Å². The molecule has 0 unspecified atom stereocenters. The number of nitrogens with one attached hydrogen (secondary N) is 1. The summed E-state index contributed by atoms with van der Waals surface area (Å²) < 4.78 is 34.8. The molecule has 0 saturated heterocycles. The highest BCUT2D eigenvalue weighted by Gasteiger charge is 2.31. The third-order valence-corrected chi connectivity index (χ3v) is 4.95. The van der Waals surface area contributed by atoms with Gasteiger partial charge >= 0.3 is 0 Å². The summed E-state index contributed by atoms with van der Waals surface area (Å²) in [7, 11) is -2.01. The number of sulfonamides is 1. The van der Waals surface area contributed by atoms with Gasteiger partial charge in [-0.25, -0.2) is 18.1 Å². The maximum absolute atomic E-state index is 12.5. The molecule has 0 radical (unpaired) electrons. The van der Waals surface area contributed by atoms with Crippen LogP contribution in [0.3, 0.4) is 0 Å². The van der Waals surface area contributed by atoms with Crippen molar-refractivity contribution < 1.29 is 13.2 Å². The summed E-state index contributed by atoms with van der Waals surface area (Å²) in [6, 6.07) is 5.41. The van der Waals surface area contributed by atoms with Crippen LogP contribution in [0.15, 0.2) is 23.2 Å². The van der Waals surface area contributed by atoms with E-state index in [-0.39, 0.29) is 11.1 Å². The molecule has 6 nitrogen and oxygen atoms in total. The Hall–Kier alpha value is -1.60. The van der Waals surface area contributed by atoms with E-state index >= 15 is 0 Å². The standard InChI is InChI=1S/C14H19N3O3S/c1-3-5-12-15-14(21(18,19)16-10-8-9-10)11-6-4-7-13(20-2)17(11)12/h4,6-7,10,16H,3,5,8-9H2,1-2H3. The fraction of sp³-hybridized carbons (Fsp3) is 0.500. The van der Waals surface area contributed by atoms with Crippen LogP contribution in [0, 0.1) is 0 Å². The summed E-state index contributed by atoms with van der Waals surface area (Å²) in [5.74, 6) is 1.30. The van der Waals surface area contributed by atoms with E-state index in [1.165, 1.54) is 0 Å². The minimum atomic E-state index is -3.58. The summed E-state index contributed by atoms with van der Waals surface area (Å²) in [6.45, 7) is 2.03. The number of pyridine rings is 1. The van der Waals surface area contributed by atoms with Gasteiger partial charge < -0.3 is 4.74 Å². The normalized spacial score (nSPS) is 15.5. The van der Waals surface area contributed by atoms with Crippen molar-refractivity contribution in [2.75, 3.05) is 7.11 Å². The second-order valence-electron chi connectivity index (χ2n) is 5.27. The van der Waals surface area contributed by atoms with Crippen LogP contribution < -0.4 is 9.46 Å². The fourth-order valence-electron chi connectivity index (χ4n) is 2.37. The van der Waals surface area contributed by atoms with Crippen molar-refractivity contribution in [1.82, 2.24) is 14.1 Å². The molecule has 0 spiro atoms. The number of aryl methyl sites for hydroxylation is 1. The van der Waals surface area contributed by atoms with Crippen LogP contribution >= 0.6 is 0 Å². The SMILES string of the molecule is CCCc1nc(S(=O)(=O)NC2CC2)c2cccc(OC)n12. The highest BCUT2D eigenvalue weighted by Crippen LogP contribution is 2.27. The van der Waals surface area contributed by atoms with E-state index in [1.54, 1.807) is 29.7 Å². The zero-order valence-electron chi connectivity index (χ0n) is 12.2. The quantitative estimate of drug-likeness (QED) is 0.882. The molecule has 21 heavy (non-hydrogen) atoms. The Morgan fingerprint density at radius 2 is 2.19 bits per heavy atom. The zero-order valence-corrected chi connectivity index (χ0v) is 13.0. The summed E-state index contributed by atoms with van der Waals surface area (Å²) in [5, 5.41) is 0.0942. The lowest BCUT2D eigenvalue weighted by Crippen LogP contribution is -2.26. The third kappa shape index (κ3) is 2.63. The van der Waals surface area contributed by atoms with Crippen molar-refractivity contribution in [3.63, 3.8) is 0 Å². The third-order valence-electron chi connectivity index (χ3n) is 3.50. The van der Waals surface area contributed by atoms with Gasteiger partial charge in [0.05, 0.1) is 12.6 Å². The molecule has 2 aromatic heterocycles.